The summed E-state index contributed by atoms with van der Waals surface area (Å²) < 4.78 is 10.2. The number of nitrogens with one attached hydrogen (secondary N) is 2. The first kappa shape index (κ1) is 16.6. The van der Waals surface area contributed by atoms with Crippen molar-refractivity contribution in [3.8, 4) is 0 Å². The number of carbonyl (C=O) groups is 1. The number of aromatic amines is 1. The molecule has 0 bridgehead atoms. The molecule has 130 valence electrons. The van der Waals surface area contributed by atoms with Crippen molar-refractivity contribution in [1.82, 2.24) is 25.3 Å². The number of H-pyrrole nitrogens is 1. The van der Waals surface area contributed by atoms with Crippen LogP contribution in [0.15, 0.2) is 12.7 Å². The molecule has 1 fully saturated rings. The third kappa shape index (κ3) is 3.46. The zero-order valence-electron chi connectivity index (χ0n) is 13.9. The maximum atomic E-state index is 12.4. The van der Waals surface area contributed by atoms with Gasteiger partial charge in [0.05, 0.1) is 18.8 Å². The van der Waals surface area contributed by atoms with Crippen molar-refractivity contribution in [3.05, 3.63) is 12.7 Å². The van der Waals surface area contributed by atoms with Gasteiger partial charge in [0, 0.05) is 27.3 Å². The molecule has 9 heteroatoms. The van der Waals surface area contributed by atoms with Gasteiger partial charge in [-0.25, -0.2) is 15.0 Å². The second kappa shape index (κ2) is 7.54. The highest BCUT2D eigenvalue weighted by molar-refractivity contribution is 5.84. The molecule has 2 N–H and O–H groups in total. The Morgan fingerprint density at radius 1 is 1.42 bits per heavy atom. The maximum absolute atomic E-state index is 12.4. The number of carbonyl (C=O) groups excluding carboxylic acids is 1. The molecule has 2 aromatic heterocycles. The Hall–Kier alpha value is -2.26. The van der Waals surface area contributed by atoms with E-state index in [0.717, 1.165) is 30.7 Å². The minimum atomic E-state index is -0.430. The standard InChI is InChI=1S/C15H22N6O3/c1-23-11(24-2)6-16-15(22)10-4-3-5-21(7-10)14-12-13(18-8-17-12)19-9-20-14/h8-11H,3-7H2,1-2H3,(H,16,22)(H,17,18,19,20). The minimum Gasteiger partial charge on any atom is -0.354 e. The van der Waals surface area contributed by atoms with Gasteiger partial charge in [0.1, 0.15) is 11.8 Å². The number of hydrogen-bond acceptors (Lipinski definition) is 7. The van der Waals surface area contributed by atoms with E-state index >= 15 is 0 Å². The topological polar surface area (TPSA) is 105 Å². The summed E-state index contributed by atoms with van der Waals surface area (Å²) >= 11 is 0. The van der Waals surface area contributed by atoms with Crippen molar-refractivity contribution in [3.63, 3.8) is 0 Å². The molecule has 0 aromatic carbocycles. The van der Waals surface area contributed by atoms with E-state index in [0.29, 0.717) is 18.7 Å². The number of aromatic nitrogens is 4. The Labute approximate surface area is 139 Å². The summed E-state index contributed by atoms with van der Waals surface area (Å²) in [5, 5.41) is 2.89. The van der Waals surface area contributed by atoms with E-state index in [1.807, 2.05) is 0 Å². The van der Waals surface area contributed by atoms with E-state index < -0.39 is 6.29 Å². The smallest absolute Gasteiger partial charge is 0.225 e. The fraction of sp³-hybridized carbons (Fsp3) is 0.600. The molecule has 0 radical (unpaired) electrons. The first-order chi connectivity index (χ1) is 11.7. The fourth-order valence-electron chi connectivity index (χ4n) is 2.97. The van der Waals surface area contributed by atoms with Crippen molar-refractivity contribution in [2.75, 3.05) is 38.8 Å². The molecule has 3 rings (SSSR count). The zero-order valence-corrected chi connectivity index (χ0v) is 13.9. The summed E-state index contributed by atoms with van der Waals surface area (Å²) in [4.78, 5) is 30.3. The van der Waals surface area contributed by atoms with Gasteiger partial charge in [-0.3, -0.25) is 4.79 Å². The van der Waals surface area contributed by atoms with E-state index in [9.17, 15) is 4.79 Å². The molecular formula is C15H22N6O3. The Morgan fingerprint density at radius 2 is 2.25 bits per heavy atom. The van der Waals surface area contributed by atoms with Gasteiger partial charge in [-0.1, -0.05) is 0 Å². The first-order valence-corrected chi connectivity index (χ1v) is 7.95. The van der Waals surface area contributed by atoms with Gasteiger partial charge in [-0.05, 0) is 12.8 Å². The molecule has 1 saturated heterocycles. The number of imidazole rings is 1. The summed E-state index contributed by atoms with van der Waals surface area (Å²) in [6, 6.07) is 0. The molecule has 1 amide bonds. The van der Waals surface area contributed by atoms with Crippen molar-refractivity contribution >= 4 is 22.9 Å². The number of amides is 1. The van der Waals surface area contributed by atoms with Crippen LogP contribution in [-0.4, -0.2) is 66.0 Å². The SMILES string of the molecule is COC(CNC(=O)C1CCCN(c2ncnc3nc[nH]c23)C1)OC. The second-order valence-corrected chi connectivity index (χ2v) is 5.73. The zero-order chi connectivity index (χ0) is 16.9. The Bertz CT molecular complexity index is 687. The molecular weight excluding hydrogens is 312 g/mol. The Kier molecular flexibility index (Phi) is 5.21. The van der Waals surface area contributed by atoms with Gasteiger partial charge in [0.2, 0.25) is 5.91 Å². The maximum Gasteiger partial charge on any atom is 0.225 e. The van der Waals surface area contributed by atoms with E-state index in [1.165, 1.54) is 6.33 Å². The van der Waals surface area contributed by atoms with Crippen molar-refractivity contribution in [1.29, 1.82) is 0 Å². The third-order valence-electron chi connectivity index (χ3n) is 4.26. The van der Waals surface area contributed by atoms with Crippen LogP contribution in [0, 0.1) is 5.92 Å². The number of fused-ring (bicyclic) bond motifs is 1. The molecule has 1 unspecified atom stereocenters. The Balaban J connectivity index is 1.66. The summed E-state index contributed by atoms with van der Waals surface area (Å²) in [6.45, 7) is 1.80. The van der Waals surface area contributed by atoms with Gasteiger partial charge in [0.25, 0.3) is 0 Å². The third-order valence-corrected chi connectivity index (χ3v) is 4.26. The monoisotopic (exact) mass is 334 g/mol. The lowest BCUT2D eigenvalue weighted by Crippen LogP contribution is -2.45. The van der Waals surface area contributed by atoms with Crippen LogP contribution in [0.4, 0.5) is 5.82 Å². The largest absolute Gasteiger partial charge is 0.354 e. The van der Waals surface area contributed by atoms with Crippen molar-refractivity contribution in [2.24, 2.45) is 5.92 Å². The van der Waals surface area contributed by atoms with Crippen molar-refractivity contribution in [2.45, 2.75) is 19.1 Å². The predicted octanol–water partition coefficient (Wildman–Crippen LogP) is 0.304. The molecule has 1 atom stereocenters. The molecule has 9 nitrogen and oxygen atoms in total. The van der Waals surface area contributed by atoms with Crippen LogP contribution >= 0.6 is 0 Å². The van der Waals surface area contributed by atoms with Crippen LogP contribution in [0.25, 0.3) is 11.2 Å². The molecule has 24 heavy (non-hydrogen) atoms. The average Bonchev–Trinajstić information content (AvgIpc) is 3.11. The highest BCUT2D eigenvalue weighted by Crippen LogP contribution is 2.25. The number of methoxy groups -OCH3 is 2. The summed E-state index contributed by atoms with van der Waals surface area (Å²) in [7, 11) is 3.10. The number of rotatable bonds is 6. The normalized spacial score (nSPS) is 18.3. The van der Waals surface area contributed by atoms with Gasteiger partial charge in [-0.15, -0.1) is 0 Å². The predicted molar refractivity (Wildman–Crippen MR) is 87.4 cm³/mol. The summed E-state index contributed by atoms with van der Waals surface area (Å²) in [5.41, 5.74) is 1.44. The summed E-state index contributed by atoms with van der Waals surface area (Å²) in [5.74, 6) is 0.705. The van der Waals surface area contributed by atoms with Gasteiger partial charge < -0.3 is 24.7 Å². The average molecular weight is 334 g/mol. The van der Waals surface area contributed by atoms with Crippen LogP contribution in [0.2, 0.25) is 0 Å². The number of piperidine rings is 1. The van der Waals surface area contributed by atoms with Crippen LogP contribution in [-0.2, 0) is 14.3 Å². The lowest BCUT2D eigenvalue weighted by Gasteiger charge is -2.33. The van der Waals surface area contributed by atoms with Crippen LogP contribution < -0.4 is 10.2 Å². The molecule has 0 saturated carbocycles. The lowest BCUT2D eigenvalue weighted by molar-refractivity contribution is -0.131. The van der Waals surface area contributed by atoms with Crippen molar-refractivity contribution < 1.29 is 14.3 Å². The highest BCUT2D eigenvalue weighted by Gasteiger charge is 2.28. The quantitative estimate of drug-likeness (QED) is 0.732. The van der Waals surface area contributed by atoms with Gasteiger partial charge in [0.15, 0.2) is 17.8 Å². The van der Waals surface area contributed by atoms with Gasteiger partial charge >= 0.3 is 0 Å². The number of anilines is 1. The molecule has 3 heterocycles. The van der Waals surface area contributed by atoms with E-state index in [4.69, 9.17) is 9.47 Å². The van der Waals surface area contributed by atoms with Crippen LogP contribution in [0.3, 0.4) is 0 Å². The molecule has 2 aromatic rings. The molecule has 0 aliphatic carbocycles. The first-order valence-electron chi connectivity index (χ1n) is 7.95. The molecule has 0 spiro atoms. The van der Waals surface area contributed by atoms with Gasteiger partial charge in [-0.2, -0.15) is 0 Å². The van der Waals surface area contributed by atoms with Crippen LogP contribution in [0.5, 0.6) is 0 Å². The highest BCUT2D eigenvalue weighted by atomic mass is 16.7. The summed E-state index contributed by atoms with van der Waals surface area (Å²) in [6.07, 6.45) is 4.45. The number of nitrogens with zero attached hydrogens (tertiary/aromatic N) is 4. The lowest BCUT2D eigenvalue weighted by atomic mass is 9.97. The van der Waals surface area contributed by atoms with Crippen LogP contribution in [0.1, 0.15) is 12.8 Å². The van der Waals surface area contributed by atoms with E-state index in [2.05, 4.69) is 30.2 Å². The fourth-order valence-corrected chi connectivity index (χ4v) is 2.97. The molecule has 1 aliphatic heterocycles. The van der Waals surface area contributed by atoms with E-state index in [1.54, 1.807) is 20.5 Å². The Morgan fingerprint density at radius 3 is 3.04 bits per heavy atom. The minimum absolute atomic E-state index is 0.00807. The van der Waals surface area contributed by atoms with E-state index in [-0.39, 0.29) is 11.8 Å². The molecule has 1 aliphatic rings. The second-order valence-electron chi connectivity index (χ2n) is 5.73. The number of ether oxygens (including phenoxy) is 2. The number of hydrogen-bond donors (Lipinski definition) is 2.